The van der Waals surface area contributed by atoms with Gasteiger partial charge in [-0.25, -0.2) is 0 Å². The van der Waals surface area contributed by atoms with Crippen LogP contribution in [-0.2, 0) is 0 Å². The molecule has 1 aromatic carbocycles. The maximum absolute atomic E-state index is 6.17. The maximum Gasteiger partial charge on any atom is 0.0454 e. The fourth-order valence-corrected chi connectivity index (χ4v) is 2.56. The van der Waals surface area contributed by atoms with Gasteiger partial charge in [0.2, 0.25) is 0 Å². The van der Waals surface area contributed by atoms with E-state index in [-0.39, 0.29) is 6.04 Å². The number of halogens is 2. The van der Waals surface area contributed by atoms with Crippen molar-refractivity contribution in [3.8, 4) is 0 Å². The van der Waals surface area contributed by atoms with Crippen LogP contribution >= 0.6 is 27.5 Å². The average molecular weight is 319 g/mol. The standard InChI is InChI=1S/C14H21BrClN/c1-2-3-4-5-6-7-14(17)12-10-11(15)8-9-13(12)16/h8-10,14H,2-7,17H2,1H3. The van der Waals surface area contributed by atoms with E-state index in [1.807, 2.05) is 18.2 Å². The zero-order valence-electron chi connectivity index (χ0n) is 10.4. The first kappa shape index (κ1) is 15.0. The zero-order valence-corrected chi connectivity index (χ0v) is 12.7. The normalized spacial score (nSPS) is 12.7. The summed E-state index contributed by atoms with van der Waals surface area (Å²) in [5, 5.41) is 0.772. The lowest BCUT2D eigenvalue weighted by molar-refractivity contribution is 0.555. The SMILES string of the molecule is CCCCCCCC(N)c1cc(Br)ccc1Cl. The molecule has 0 saturated carbocycles. The van der Waals surface area contributed by atoms with E-state index in [2.05, 4.69) is 22.9 Å². The molecule has 0 amide bonds. The Bertz CT molecular complexity index is 341. The summed E-state index contributed by atoms with van der Waals surface area (Å²) in [6.07, 6.45) is 7.39. The molecule has 1 unspecified atom stereocenters. The highest BCUT2D eigenvalue weighted by Gasteiger charge is 2.10. The Morgan fingerprint density at radius 3 is 2.65 bits per heavy atom. The summed E-state index contributed by atoms with van der Waals surface area (Å²) >= 11 is 9.61. The van der Waals surface area contributed by atoms with E-state index >= 15 is 0 Å². The van der Waals surface area contributed by atoms with Crippen molar-refractivity contribution in [2.24, 2.45) is 5.73 Å². The highest BCUT2D eigenvalue weighted by atomic mass is 79.9. The summed E-state index contributed by atoms with van der Waals surface area (Å²) in [6.45, 7) is 2.23. The summed E-state index contributed by atoms with van der Waals surface area (Å²) in [5.41, 5.74) is 7.23. The van der Waals surface area contributed by atoms with Gasteiger partial charge in [0.05, 0.1) is 0 Å². The number of unbranched alkanes of at least 4 members (excludes halogenated alkanes) is 4. The minimum absolute atomic E-state index is 0.0571. The van der Waals surface area contributed by atoms with Crippen LogP contribution in [0, 0.1) is 0 Å². The highest BCUT2D eigenvalue weighted by molar-refractivity contribution is 9.10. The number of benzene rings is 1. The quantitative estimate of drug-likeness (QED) is 0.663. The van der Waals surface area contributed by atoms with Crippen molar-refractivity contribution in [3.63, 3.8) is 0 Å². The van der Waals surface area contributed by atoms with Crippen LogP contribution in [0.4, 0.5) is 0 Å². The lowest BCUT2D eigenvalue weighted by atomic mass is 10.0. The van der Waals surface area contributed by atoms with Gasteiger partial charge >= 0.3 is 0 Å². The maximum atomic E-state index is 6.17. The third-order valence-electron chi connectivity index (χ3n) is 2.98. The van der Waals surface area contributed by atoms with Crippen molar-refractivity contribution >= 4 is 27.5 Å². The Balaban J connectivity index is 2.41. The first-order valence-corrected chi connectivity index (χ1v) is 7.52. The Kier molecular flexibility index (Phi) is 7.17. The molecule has 17 heavy (non-hydrogen) atoms. The molecule has 0 aliphatic carbocycles. The summed E-state index contributed by atoms with van der Waals surface area (Å²) in [6, 6.07) is 5.93. The van der Waals surface area contributed by atoms with Crippen molar-refractivity contribution in [2.75, 3.05) is 0 Å². The molecule has 0 aliphatic heterocycles. The average Bonchev–Trinajstić information content (AvgIpc) is 2.32. The molecule has 3 heteroatoms. The van der Waals surface area contributed by atoms with E-state index in [0.29, 0.717) is 0 Å². The molecule has 0 spiro atoms. The van der Waals surface area contributed by atoms with Crippen LogP contribution in [-0.4, -0.2) is 0 Å². The fourth-order valence-electron chi connectivity index (χ4n) is 1.92. The second-order valence-corrected chi connectivity index (χ2v) is 5.80. The van der Waals surface area contributed by atoms with Gasteiger partial charge < -0.3 is 5.73 Å². The van der Waals surface area contributed by atoms with Crippen molar-refractivity contribution < 1.29 is 0 Å². The van der Waals surface area contributed by atoms with Crippen LogP contribution in [0.5, 0.6) is 0 Å². The Morgan fingerprint density at radius 2 is 1.94 bits per heavy atom. The first-order valence-electron chi connectivity index (χ1n) is 6.35. The van der Waals surface area contributed by atoms with Crippen LogP contribution in [0.15, 0.2) is 22.7 Å². The minimum atomic E-state index is 0.0571. The van der Waals surface area contributed by atoms with E-state index in [1.54, 1.807) is 0 Å². The van der Waals surface area contributed by atoms with E-state index in [1.165, 1.54) is 32.1 Å². The van der Waals surface area contributed by atoms with Crippen molar-refractivity contribution in [2.45, 2.75) is 51.5 Å². The van der Waals surface area contributed by atoms with Crippen molar-refractivity contribution in [1.82, 2.24) is 0 Å². The summed E-state index contributed by atoms with van der Waals surface area (Å²) in [4.78, 5) is 0. The van der Waals surface area contributed by atoms with Gasteiger partial charge in [0, 0.05) is 15.5 Å². The molecule has 0 aliphatic rings. The van der Waals surface area contributed by atoms with Crippen LogP contribution in [0.2, 0.25) is 5.02 Å². The van der Waals surface area contributed by atoms with Gasteiger partial charge in [-0.1, -0.05) is 66.6 Å². The van der Waals surface area contributed by atoms with Crippen LogP contribution in [0.1, 0.15) is 57.1 Å². The molecular formula is C14H21BrClN. The Labute approximate surface area is 118 Å². The van der Waals surface area contributed by atoms with Gasteiger partial charge in [0.25, 0.3) is 0 Å². The molecule has 0 heterocycles. The monoisotopic (exact) mass is 317 g/mol. The van der Waals surface area contributed by atoms with Crippen LogP contribution in [0.3, 0.4) is 0 Å². The molecule has 0 bridgehead atoms. The number of hydrogen-bond acceptors (Lipinski definition) is 1. The third-order valence-corrected chi connectivity index (χ3v) is 3.81. The third kappa shape index (κ3) is 5.41. The summed E-state index contributed by atoms with van der Waals surface area (Å²) in [5.74, 6) is 0. The second kappa shape index (κ2) is 8.12. The molecule has 1 nitrogen and oxygen atoms in total. The number of hydrogen-bond donors (Lipinski definition) is 1. The Morgan fingerprint density at radius 1 is 1.24 bits per heavy atom. The van der Waals surface area contributed by atoms with Gasteiger partial charge in [-0.15, -0.1) is 0 Å². The van der Waals surface area contributed by atoms with Crippen LogP contribution < -0.4 is 5.73 Å². The molecule has 1 rings (SSSR count). The highest BCUT2D eigenvalue weighted by Crippen LogP contribution is 2.28. The smallest absolute Gasteiger partial charge is 0.0454 e. The Hall–Kier alpha value is -0.0500. The summed E-state index contributed by atoms with van der Waals surface area (Å²) < 4.78 is 1.04. The van der Waals surface area contributed by atoms with E-state index in [0.717, 1.165) is 21.5 Å². The molecule has 2 N–H and O–H groups in total. The predicted molar refractivity (Wildman–Crippen MR) is 79.5 cm³/mol. The fraction of sp³-hybridized carbons (Fsp3) is 0.571. The minimum Gasteiger partial charge on any atom is -0.324 e. The van der Waals surface area contributed by atoms with E-state index < -0.39 is 0 Å². The van der Waals surface area contributed by atoms with Crippen molar-refractivity contribution in [3.05, 3.63) is 33.3 Å². The van der Waals surface area contributed by atoms with Gasteiger partial charge in [-0.05, 0) is 30.2 Å². The van der Waals surface area contributed by atoms with Crippen LogP contribution in [0.25, 0.3) is 0 Å². The first-order chi connectivity index (χ1) is 8.15. The number of nitrogens with two attached hydrogens (primary N) is 1. The van der Waals surface area contributed by atoms with E-state index in [4.69, 9.17) is 17.3 Å². The summed E-state index contributed by atoms with van der Waals surface area (Å²) in [7, 11) is 0. The van der Waals surface area contributed by atoms with E-state index in [9.17, 15) is 0 Å². The lowest BCUT2D eigenvalue weighted by Crippen LogP contribution is -2.10. The topological polar surface area (TPSA) is 26.0 Å². The number of rotatable bonds is 7. The molecular weight excluding hydrogens is 298 g/mol. The molecule has 0 saturated heterocycles. The van der Waals surface area contributed by atoms with Gasteiger partial charge in [0.15, 0.2) is 0 Å². The molecule has 1 atom stereocenters. The van der Waals surface area contributed by atoms with Crippen molar-refractivity contribution in [1.29, 1.82) is 0 Å². The second-order valence-electron chi connectivity index (χ2n) is 4.48. The molecule has 96 valence electrons. The molecule has 0 radical (unpaired) electrons. The van der Waals surface area contributed by atoms with Gasteiger partial charge in [-0.2, -0.15) is 0 Å². The van der Waals surface area contributed by atoms with Gasteiger partial charge in [0.1, 0.15) is 0 Å². The molecule has 1 aromatic rings. The predicted octanol–water partition coefficient (Wildman–Crippen LogP) is 5.46. The molecule has 0 aromatic heterocycles. The largest absolute Gasteiger partial charge is 0.324 e. The molecule has 0 fully saturated rings. The van der Waals surface area contributed by atoms with Gasteiger partial charge in [-0.3, -0.25) is 0 Å². The lowest BCUT2D eigenvalue weighted by Gasteiger charge is -2.14. The zero-order chi connectivity index (χ0) is 12.7.